The van der Waals surface area contributed by atoms with Gasteiger partial charge < -0.3 is 15.8 Å². The first-order chi connectivity index (χ1) is 5.02. The van der Waals surface area contributed by atoms with Gasteiger partial charge in [-0.25, -0.2) is 0 Å². The van der Waals surface area contributed by atoms with Gasteiger partial charge in [0.25, 0.3) is 0 Å². The fourth-order valence-corrected chi connectivity index (χ4v) is 0.397. The van der Waals surface area contributed by atoms with Crippen LogP contribution >= 0.6 is 0 Å². The fraction of sp³-hybridized carbons (Fsp3) is 0.625. The third-order valence-electron chi connectivity index (χ3n) is 1.31. The molecule has 0 radical (unpaired) electrons. The second-order valence-electron chi connectivity index (χ2n) is 3.22. The van der Waals surface area contributed by atoms with E-state index in [1.807, 2.05) is 20.8 Å². The molecule has 0 amide bonds. The van der Waals surface area contributed by atoms with E-state index in [2.05, 4.69) is 5.32 Å². The van der Waals surface area contributed by atoms with Crippen LogP contribution in [-0.4, -0.2) is 23.5 Å². The first-order valence-corrected chi connectivity index (χ1v) is 3.57. The molecule has 64 valence electrons. The average Bonchev–Trinajstić information content (AvgIpc) is 2.00. The van der Waals surface area contributed by atoms with Gasteiger partial charge in [-0.15, -0.1) is 0 Å². The summed E-state index contributed by atoms with van der Waals surface area (Å²) in [5.41, 5.74) is 0.538. The minimum atomic E-state index is -0.301. The normalized spacial score (nSPS) is 12.9. The highest BCUT2D eigenvalue weighted by molar-refractivity contribution is 5.74. The van der Waals surface area contributed by atoms with E-state index in [9.17, 15) is 0 Å². The molecular weight excluding hydrogens is 140 g/mol. The zero-order chi connectivity index (χ0) is 8.91. The van der Waals surface area contributed by atoms with Crippen molar-refractivity contribution in [1.82, 2.24) is 5.32 Å². The molecule has 0 aliphatic rings. The van der Waals surface area contributed by atoms with Crippen LogP contribution in [0.15, 0.2) is 11.8 Å². The lowest BCUT2D eigenvalue weighted by atomic mass is 10.1. The number of hydrogen-bond acceptors (Lipinski definition) is 3. The maximum atomic E-state index is 8.83. The third kappa shape index (κ3) is 4.56. The predicted octanol–water partition coefficient (Wildman–Crippen LogP) is 0.900. The Kier molecular flexibility index (Phi) is 3.82. The molecule has 0 aromatic heterocycles. The van der Waals surface area contributed by atoms with Crippen molar-refractivity contribution >= 4 is 6.21 Å². The first kappa shape index (κ1) is 10.2. The van der Waals surface area contributed by atoms with Crippen molar-refractivity contribution in [3.05, 3.63) is 11.8 Å². The standard InChI is InChI=1S/C8H16N2O/c1-7(4-9)5-10-8(2,3)6-11/h4-5,9-11H,6H2,1-3H3/b7-5-,9-4?. The molecule has 11 heavy (non-hydrogen) atoms. The first-order valence-electron chi connectivity index (χ1n) is 3.57. The van der Waals surface area contributed by atoms with Gasteiger partial charge in [-0.3, -0.25) is 0 Å². The molecule has 0 unspecified atom stereocenters. The molecule has 3 heteroatoms. The van der Waals surface area contributed by atoms with E-state index in [4.69, 9.17) is 10.5 Å². The summed E-state index contributed by atoms with van der Waals surface area (Å²) in [6, 6.07) is 0. The molecule has 0 rings (SSSR count). The molecule has 3 N–H and O–H groups in total. The number of aliphatic hydroxyl groups excluding tert-OH is 1. The van der Waals surface area contributed by atoms with Crippen LogP contribution in [0, 0.1) is 5.41 Å². The SMILES string of the molecule is C/C(C=N)=C/NC(C)(C)CO. The zero-order valence-electron chi connectivity index (χ0n) is 7.31. The molecule has 0 spiro atoms. The largest absolute Gasteiger partial charge is 0.394 e. The fourth-order valence-electron chi connectivity index (χ4n) is 0.397. The number of hydrogen-bond donors (Lipinski definition) is 3. The number of aliphatic hydroxyl groups is 1. The minimum Gasteiger partial charge on any atom is -0.394 e. The second kappa shape index (κ2) is 4.13. The molecule has 0 aromatic rings. The van der Waals surface area contributed by atoms with Crippen LogP contribution in [0.4, 0.5) is 0 Å². The van der Waals surface area contributed by atoms with E-state index in [-0.39, 0.29) is 12.1 Å². The van der Waals surface area contributed by atoms with Crippen LogP contribution in [0.25, 0.3) is 0 Å². The van der Waals surface area contributed by atoms with Gasteiger partial charge in [0.1, 0.15) is 0 Å². The molecule has 0 saturated heterocycles. The van der Waals surface area contributed by atoms with Gasteiger partial charge in [0.05, 0.1) is 12.1 Å². The van der Waals surface area contributed by atoms with Gasteiger partial charge in [0.15, 0.2) is 0 Å². The third-order valence-corrected chi connectivity index (χ3v) is 1.31. The monoisotopic (exact) mass is 156 g/mol. The molecule has 0 fully saturated rings. The number of allylic oxidation sites excluding steroid dienone is 1. The Bertz CT molecular complexity index is 161. The Labute approximate surface area is 67.6 Å². The summed E-state index contributed by atoms with van der Waals surface area (Å²) in [6.45, 7) is 5.68. The molecule has 0 bridgehead atoms. The lowest BCUT2D eigenvalue weighted by molar-refractivity contribution is 0.201. The van der Waals surface area contributed by atoms with Crippen LogP contribution in [0.1, 0.15) is 20.8 Å². The summed E-state index contributed by atoms with van der Waals surface area (Å²) in [4.78, 5) is 0. The topological polar surface area (TPSA) is 56.1 Å². The smallest absolute Gasteiger partial charge is 0.0655 e. The lowest BCUT2D eigenvalue weighted by Gasteiger charge is -2.22. The van der Waals surface area contributed by atoms with Gasteiger partial charge in [0.2, 0.25) is 0 Å². The molecule has 0 aromatic carbocycles. The molecule has 0 atom stereocenters. The van der Waals surface area contributed by atoms with Crippen molar-refractivity contribution in [1.29, 1.82) is 5.41 Å². The van der Waals surface area contributed by atoms with Gasteiger partial charge in [-0.05, 0) is 26.3 Å². The Balaban J connectivity index is 3.95. The summed E-state index contributed by atoms with van der Waals surface area (Å²) in [5.74, 6) is 0. The van der Waals surface area contributed by atoms with E-state index in [1.54, 1.807) is 6.20 Å². The number of rotatable bonds is 4. The van der Waals surface area contributed by atoms with Crippen LogP contribution in [-0.2, 0) is 0 Å². The van der Waals surface area contributed by atoms with Crippen molar-refractivity contribution in [2.24, 2.45) is 0 Å². The van der Waals surface area contributed by atoms with Gasteiger partial charge in [0, 0.05) is 12.4 Å². The summed E-state index contributed by atoms with van der Waals surface area (Å²) < 4.78 is 0. The van der Waals surface area contributed by atoms with Crippen molar-refractivity contribution in [3.8, 4) is 0 Å². The molecule has 0 saturated carbocycles. The van der Waals surface area contributed by atoms with Crippen molar-refractivity contribution in [2.75, 3.05) is 6.61 Å². The van der Waals surface area contributed by atoms with E-state index >= 15 is 0 Å². The maximum Gasteiger partial charge on any atom is 0.0655 e. The maximum absolute atomic E-state index is 8.83. The Morgan fingerprint density at radius 2 is 2.18 bits per heavy atom. The second-order valence-corrected chi connectivity index (χ2v) is 3.22. The van der Waals surface area contributed by atoms with E-state index in [1.165, 1.54) is 6.21 Å². The Hall–Kier alpha value is -0.830. The van der Waals surface area contributed by atoms with Crippen LogP contribution in [0.5, 0.6) is 0 Å². The zero-order valence-corrected chi connectivity index (χ0v) is 7.31. The van der Waals surface area contributed by atoms with E-state index < -0.39 is 0 Å². The minimum absolute atomic E-state index is 0.0782. The van der Waals surface area contributed by atoms with Crippen molar-refractivity contribution < 1.29 is 5.11 Å². The summed E-state index contributed by atoms with van der Waals surface area (Å²) >= 11 is 0. The van der Waals surface area contributed by atoms with Gasteiger partial charge >= 0.3 is 0 Å². The highest BCUT2D eigenvalue weighted by Gasteiger charge is 2.12. The Morgan fingerprint density at radius 1 is 1.64 bits per heavy atom. The predicted molar refractivity (Wildman–Crippen MR) is 46.8 cm³/mol. The van der Waals surface area contributed by atoms with Crippen molar-refractivity contribution in [3.63, 3.8) is 0 Å². The lowest BCUT2D eigenvalue weighted by Crippen LogP contribution is -2.39. The van der Waals surface area contributed by atoms with Gasteiger partial charge in [-0.2, -0.15) is 0 Å². The highest BCUT2D eigenvalue weighted by Crippen LogP contribution is 1.99. The van der Waals surface area contributed by atoms with E-state index in [0.29, 0.717) is 0 Å². The number of nitrogens with one attached hydrogen (secondary N) is 2. The van der Waals surface area contributed by atoms with Crippen molar-refractivity contribution in [2.45, 2.75) is 26.3 Å². The summed E-state index contributed by atoms with van der Waals surface area (Å²) in [5, 5.41) is 18.7. The highest BCUT2D eigenvalue weighted by atomic mass is 16.3. The van der Waals surface area contributed by atoms with Crippen LogP contribution < -0.4 is 5.32 Å². The summed E-state index contributed by atoms with van der Waals surface area (Å²) in [7, 11) is 0. The molecule has 0 heterocycles. The summed E-state index contributed by atoms with van der Waals surface area (Å²) in [6.07, 6.45) is 2.99. The molecule has 3 nitrogen and oxygen atoms in total. The molecular formula is C8H16N2O. The van der Waals surface area contributed by atoms with Gasteiger partial charge in [-0.1, -0.05) is 0 Å². The van der Waals surface area contributed by atoms with Crippen LogP contribution in [0.3, 0.4) is 0 Å². The van der Waals surface area contributed by atoms with E-state index in [0.717, 1.165) is 5.57 Å². The molecule has 0 aliphatic heterocycles. The Morgan fingerprint density at radius 3 is 2.55 bits per heavy atom. The molecule has 0 aliphatic carbocycles. The quantitative estimate of drug-likeness (QED) is 0.530. The van der Waals surface area contributed by atoms with Crippen LogP contribution in [0.2, 0.25) is 0 Å². The average molecular weight is 156 g/mol.